The van der Waals surface area contributed by atoms with Gasteiger partial charge in [0, 0.05) is 31.1 Å². The molecule has 4 heterocycles. The van der Waals surface area contributed by atoms with Crippen LogP contribution < -0.4 is 5.32 Å². The van der Waals surface area contributed by atoms with Crippen molar-refractivity contribution in [2.45, 2.75) is 43.6 Å². The molecule has 4 nitrogen and oxygen atoms in total. The monoisotopic (exact) mass is 296 g/mol. The van der Waals surface area contributed by atoms with Gasteiger partial charge < -0.3 is 14.6 Å². The number of piperidine rings is 3. The van der Waals surface area contributed by atoms with E-state index in [0.717, 1.165) is 63.1 Å². The van der Waals surface area contributed by atoms with E-state index >= 15 is 0 Å². The van der Waals surface area contributed by atoms with E-state index in [1.165, 1.54) is 0 Å². The van der Waals surface area contributed by atoms with Crippen LogP contribution in [-0.4, -0.2) is 36.0 Å². The summed E-state index contributed by atoms with van der Waals surface area (Å²) in [5, 5.41) is 3.32. The summed E-state index contributed by atoms with van der Waals surface area (Å²) in [5.41, 5.74) is 0.814. The van der Waals surface area contributed by atoms with Crippen LogP contribution in [0.4, 0.5) is 0 Å². The van der Waals surface area contributed by atoms with Crippen LogP contribution in [0, 0.1) is 0 Å². The number of halogens is 1. The number of carbonyl (C=O) groups excluding carboxylic acids is 1. The smallest absolute Gasteiger partial charge is 0.255 e. The van der Waals surface area contributed by atoms with Crippen LogP contribution in [0.15, 0.2) is 16.7 Å². The molecule has 4 aliphatic rings. The zero-order chi connectivity index (χ0) is 12.9. The Bertz CT molecular complexity index is 488. The minimum Gasteiger partial charge on any atom is -0.468 e. The molecule has 1 saturated carbocycles. The molecule has 1 aliphatic carbocycles. The van der Waals surface area contributed by atoms with Crippen LogP contribution in [0.25, 0.3) is 0 Å². The topological polar surface area (TPSA) is 45.5 Å². The number of hydrogen-bond donors (Lipinski definition) is 1. The normalized spacial score (nSPS) is 31.7. The van der Waals surface area contributed by atoms with E-state index in [9.17, 15) is 4.79 Å². The Labute approximate surface area is 125 Å². The number of nitrogens with one attached hydrogen (secondary N) is 1. The Kier molecular flexibility index (Phi) is 3.55. The predicted molar refractivity (Wildman–Crippen MR) is 78.4 cm³/mol. The first-order valence-electron chi connectivity index (χ1n) is 7.38. The molecule has 3 saturated heterocycles. The molecule has 1 amide bonds. The molecule has 2 bridgehead atoms. The number of amides is 1. The Hall–Kier alpha value is -1.00. The zero-order valence-corrected chi connectivity index (χ0v) is 12.4. The molecular formula is C15H21ClN2O2. The van der Waals surface area contributed by atoms with Gasteiger partial charge in [-0.25, -0.2) is 0 Å². The number of nitrogens with zero attached hydrogens (tertiary/aromatic N) is 1. The van der Waals surface area contributed by atoms with Gasteiger partial charge in [-0.15, -0.1) is 12.4 Å². The highest BCUT2D eigenvalue weighted by molar-refractivity contribution is 5.96. The molecule has 1 N–H and O–H groups in total. The number of hydrogen-bond acceptors (Lipinski definition) is 3. The highest BCUT2D eigenvalue weighted by Crippen LogP contribution is 2.42. The average molecular weight is 297 g/mol. The molecule has 110 valence electrons. The molecule has 1 aromatic rings. The Balaban J connectivity index is 0.00000121. The van der Waals surface area contributed by atoms with Crippen molar-refractivity contribution in [2.24, 2.45) is 0 Å². The number of rotatable bonds is 3. The van der Waals surface area contributed by atoms with Gasteiger partial charge in [0.1, 0.15) is 5.76 Å². The second-order valence-corrected chi connectivity index (χ2v) is 6.30. The van der Waals surface area contributed by atoms with Gasteiger partial charge >= 0.3 is 0 Å². The third-order valence-corrected chi connectivity index (χ3v) is 4.99. The molecule has 3 aliphatic heterocycles. The molecule has 0 unspecified atom stereocenters. The van der Waals surface area contributed by atoms with Crippen molar-refractivity contribution in [1.29, 1.82) is 0 Å². The van der Waals surface area contributed by atoms with Crippen molar-refractivity contribution in [1.82, 2.24) is 10.2 Å². The molecule has 5 rings (SSSR count). The molecule has 0 atom stereocenters. The first-order chi connectivity index (χ1) is 9.26. The Morgan fingerprint density at radius 3 is 2.50 bits per heavy atom. The van der Waals surface area contributed by atoms with Gasteiger partial charge in [-0.2, -0.15) is 0 Å². The van der Waals surface area contributed by atoms with Gasteiger partial charge in [0.05, 0.1) is 11.8 Å². The van der Waals surface area contributed by atoms with Crippen molar-refractivity contribution in [3.63, 3.8) is 0 Å². The van der Waals surface area contributed by atoms with Crippen LogP contribution in [0.3, 0.4) is 0 Å². The van der Waals surface area contributed by atoms with E-state index in [-0.39, 0.29) is 23.9 Å². The molecule has 1 aromatic heterocycles. The predicted octanol–water partition coefficient (Wildman–Crippen LogP) is 2.55. The fourth-order valence-electron chi connectivity index (χ4n) is 3.49. The van der Waals surface area contributed by atoms with Crippen molar-refractivity contribution in [2.75, 3.05) is 19.6 Å². The van der Waals surface area contributed by atoms with Crippen LogP contribution >= 0.6 is 12.4 Å². The highest BCUT2D eigenvalue weighted by atomic mass is 35.5. The van der Waals surface area contributed by atoms with E-state index < -0.39 is 0 Å². The number of carbonyl (C=O) groups is 1. The van der Waals surface area contributed by atoms with Crippen LogP contribution in [0.5, 0.6) is 0 Å². The minimum absolute atomic E-state index is 0. The third kappa shape index (κ3) is 2.35. The molecule has 0 spiro atoms. The summed E-state index contributed by atoms with van der Waals surface area (Å²) in [6.07, 6.45) is 7.26. The van der Waals surface area contributed by atoms with E-state index in [0.29, 0.717) is 5.92 Å². The molecule has 0 radical (unpaired) electrons. The summed E-state index contributed by atoms with van der Waals surface area (Å²) in [4.78, 5) is 15.0. The van der Waals surface area contributed by atoms with Crippen molar-refractivity contribution < 1.29 is 9.21 Å². The summed E-state index contributed by atoms with van der Waals surface area (Å²) >= 11 is 0. The Morgan fingerprint density at radius 1 is 1.25 bits per heavy atom. The van der Waals surface area contributed by atoms with E-state index in [2.05, 4.69) is 10.2 Å². The first kappa shape index (κ1) is 14.0. The van der Waals surface area contributed by atoms with Gasteiger partial charge in [0.15, 0.2) is 0 Å². The number of fused-ring (bicyclic) bond motifs is 3. The third-order valence-electron chi connectivity index (χ3n) is 4.99. The summed E-state index contributed by atoms with van der Waals surface area (Å²) in [6, 6.07) is 1.83. The van der Waals surface area contributed by atoms with Crippen molar-refractivity contribution in [3.8, 4) is 0 Å². The summed E-state index contributed by atoms with van der Waals surface area (Å²) in [6.45, 7) is 3.38. The van der Waals surface area contributed by atoms with Gasteiger partial charge in [0.2, 0.25) is 0 Å². The van der Waals surface area contributed by atoms with E-state index in [1.807, 2.05) is 6.07 Å². The van der Waals surface area contributed by atoms with E-state index in [4.69, 9.17) is 4.42 Å². The molecule has 5 heteroatoms. The van der Waals surface area contributed by atoms with Crippen molar-refractivity contribution in [3.05, 3.63) is 23.7 Å². The van der Waals surface area contributed by atoms with Gasteiger partial charge in [-0.1, -0.05) is 0 Å². The lowest BCUT2D eigenvalue weighted by Gasteiger charge is -2.48. The Morgan fingerprint density at radius 2 is 1.90 bits per heavy atom. The molecular weight excluding hydrogens is 276 g/mol. The van der Waals surface area contributed by atoms with Crippen LogP contribution in [0.2, 0.25) is 0 Å². The van der Waals surface area contributed by atoms with Gasteiger partial charge in [-0.05, 0) is 38.2 Å². The lowest BCUT2D eigenvalue weighted by Crippen LogP contribution is -2.61. The molecule has 0 aromatic carbocycles. The standard InChI is InChI=1S/C15H20N2O2.ClH/c18-14(12-3-10-19-13(12)11-1-2-11)16-15-4-7-17(8-5-15)9-6-15;/h3,10-11H,1-2,4-9H2,(H,16,18);1H. The summed E-state index contributed by atoms with van der Waals surface area (Å²) in [7, 11) is 0. The highest BCUT2D eigenvalue weighted by Gasteiger charge is 2.41. The minimum atomic E-state index is 0. The van der Waals surface area contributed by atoms with E-state index in [1.54, 1.807) is 6.26 Å². The molecule has 4 fully saturated rings. The van der Waals surface area contributed by atoms with Crippen molar-refractivity contribution >= 4 is 18.3 Å². The van der Waals surface area contributed by atoms with Gasteiger partial charge in [0.25, 0.3) is 5.91 Å². The fourth-order valence-corrected chi connectivity index (χ4v) is 3.49. The fraction of sp³-hybridized carbons (Fsp3) is 0.667. The second-order valence-electron chi connectivity index (χ2n) is 6.30. The first-order valence-corrected chi connectivity index (χ1v) is 7.38. The zero-order valence-electron chi connectivity index (χ0n) is 11.6. The lowest BCUT2D eigenvalue weighted by molar-refractivity contribution is 0.0514. The largest absolute Gasteiger partial charge is 0.468 e. The maximum atomic E-state index is 12.5. The average Bonchev–Trinajstić information content (AvgIpc) is 3.17. The lowest BCUT2D eigenvalue weighted by atomic mass is 9.80. The molecule has 20 heavy (non-hydrogen) atoms. The maximum Gasteiger partial charge on any atom is 0.255 e. The van der Waals surface area contributed by atoms with Crippen LogP contribution in [-0.2, 0) is 0 Å². The quantitative estimate of drug-likeness (QED) is 0.932. The van der Waals surface area contributed by atoms with Crippen LogP contribution in [0.1, 0.15) is 54.1 Å². The summed E-state index contributed by atoms with van der Waals surface area (Å²) in [5.74, 6) is 1.47. The summed E-state index contributed by atoms with van der Waals surface area (Å²) < 4.78 is 5.51. The second kappa shape index (κ2) is 5.08. The van der Waals surface area contributed by atoms with Gasteiger partial charge in [-0.3, -0.25) is 4.79 Å². The SMILES string of the molecule is Cl.O=C(NC12CCN(CC1)CC2)c1ccoc1C1CC1. The number of furan rings is 1. The maximum absolute atomic E-state index is 12.5.